The molecular weight excluding hydrogens is 152 g/mol. The van der Waals surface area contributed by atoms with Crippen LogP contribution in [0.5, 0.6) is 0 Å². The molecule has 0 aliphatic carbocycles. The lowest BCUT2D eigenvalue weighted by atomic mass is 10.2. The monoisotopic (exact) mass is 160 g/mol. The Morgan fingerprint density at radius 3 is 2.75 bits per heavy atom. The normalized spacial score (nSPS) is 10.1. The quantitative estimate of drug-likeness (QED) is 0.624. The van der Waals surface area contributed by atoms with Crippen molar-refractivity contribution >= 4 is 0 Å². The first-order valence-electron chi connectivity index (χ1n) is 3.67. The summed E-state index contributed by atoms with van der Waals surface area (Å²) in [5.41, 5.74) is 2.17. The number of hydrogen-bond acceptors (Lipinski definition) is 3. The molecule has 0 fully saturated rings. The Labute approximate surface area is 69.8 Å². The van der Waals surface area contributed by atoms with Crippen LogP contribution < -0.4 is 0 Å². The van der Waals surface area contributed by atoms with Gasteiger partial charge in [-0.25, -0.2) is 4.68 Å². The van der Waals surface area contributed by atoms with Crippen LogP contribution in [0, 0.1) is 6.92 Å². The number of rotatable bonds is 1. The zero-order valence-corrected chi connectivity index (χ0v) is 6.68. The van der Waals surface area contributed by atoms with Gasteiger partial charge in [0.1, 0.15) is 6.33 Å². The molecule has 0 bridgehead atoms. The highest BCUT2D eigenvalue weighted by molar-refractivity contribution is 5.38. The van der Waals surface area contributed by atoms with E-state index in [1.165, 1.54) is 0 Å². The fourth-order valence-electron chi connectivity index (χ4n) is 1.09. The molecule has 0 radical (unpaired) electrons. The molecule has 4 nitrogen and oxygen atoms in total. The molecule has 0 atom stereocenters. The second-order valence-electron chi connectivity index (χ2n) is 2.54. The van der Waals surface area contributed by atoms with Crippen LogP contribution in [0.3, 0.4) is 0 Å². The highest BCUT2D eigenvalue weighted by Crippen LogP contribution is 2.09. The largest absolute Gasteiger partial charge is 0.200 e. The zero-order chi connectivity index (χ0) is 8.39. The van der Waals surface area contributed by atoms with Gasteiger partial charge in [-0.15, -0.1) is 5.10 Å². The summed E-state index contributed by atoms with van der Waals surface area (Å²) < 4.78 is 1.65. The molecule has 1 aromatic carbocycles. The zero-order valence-electron chi connectivity index (χ0n) is 6.68. The van der Waals surface area contributed by atoms with Gasteiger partial charge in [-0.1, -0.05) is 18.2 Å². The molecule has 0 unspecified atom stereocenters. The predicted octanol–water partition coefficient (Wildman–Crippen LogP) is 0.971. The maximum Gasteiger partial charge on any atom is 0.143 e. The van der Waals surface area contributed by atoms with E-state index < -0.39 is 0 Å². The minimum Gasteiger partial charge on any atom is -0.200 e. The average Bonchev–Trinajstić information content (AvgIpc) is 2.57. The number of aryl methyl sites for hydroxylation is 1. The molecule has 0 aliphatic heterocycles. The second-order valence-corrected chi connectivity index (χ2v) is 2.54. The highest BCUT2D eigenvalue weighted by Gasteiger charge is 1.98. The SMILES string of the molecule is Cc1ccccc1-n1cnnn1. The number of tetrazole rings is 1. The standard InChI is InChI=1S/C8H8N4/c1-7-4-2-3-5-8(7)12-6-9-10-11-12/h2-6H,1H3. The lowest BCUT2D eigenvalue weighted by Crippen LogP contribution is -1.96. The smallest absolute Gasteiger partial charge is 0.143 e. The lowest BCUT2D eigenvalue weighted by Gasteiger charge is -2.01. The molecule has 0 amide bonds. The van der Waals surface area contributed by atoms with E-state index in [1.54, 1.807) is 11.0 Å². The van der Waals surface area contributed by atoms with Crippen molar-refractivity contribution in [3.8, 4) is 5.69 Å². The second kappa shape index (κ2) is 2.73. The molecule has 2 rings (SSSR count). The van der Waals surface area contributed by atoms with E-state index in [0.717, 1.165) is 11.3 Å². The maximum atomic E-state index is 3.80. The minimum atomic E-state index is 1.02. The molecule has 0 saturated heterocycles. The van der Waals surface area contributed by atoms with Crippen molar-refractivity contribution < 1.29 is 0 Å². The van der Waals surface area contributed by atoms with Gasteiger partial charge in [-0.3, -0.25) is 0 Å². The molecule has 12 heavy (non-hydrogen) atoms. The fourth-order valence-corrected chi connectivity index (χ4v) is 1.09. The minimum absolute atomic E-state index is 1.02. The molecular formula is C8H8N4. The highest BCUT2D eigenvalue weighted by atomic mass is 15.5. The Balaban J connectivity index is 2.55. The van der Waals surface area contributed by atoms with Crippen LogP contribution in [0.2, 0.25) is 0 Å². The number of hydrogen-bond donors (Lipinski definition) is 0. The van der Waals surface area contributed by atoms with E-state index in [1.807, 2.05) is 31.2 Å². The van der Waals surface area contributed by atoms with Gasteiger partial charge in [0.15, 0.2) is 0 Å². The predicted molar refractivity (Wildman–Crippen MR) is 43.9 cm³/mol. The van der Waals surface area contributed by atoms with E-state index in [2.05, 4.69) is 15.5 Å². The number of benzene rings is 1. The molecule has 4 heteroatoms. The first kappa shape index (κ1) is 6.97. The van der Waals surface area contributed by atoms with Gasteiger partial charge in [0, 0.05) is 0 Å². The van der Waals surface area contributed by atoms with Gasteiger partial charge in [-0.05, 0) is 29.0 Å². The molecule has 0 N–H and O–H groups in total. The number of aromatic nitrogens is 4. The molecule has 0 spiro atoms. The van der Waals surface area contributed by atoms with E-state index >= 15 is 0 Å². The Hall–Kier alpha value is -1.71. The summed E-state index contributed by atoms with van der Waals surface area (Å²) in [4.78, 5) is 0. The topological polar surface area (TPSA) is 43.6 Å². The van der Waals surface area contributed by atoms with Gasteiger partial charge >= 0.3 is 0 Å². The van der Waals surface area contributed by atoms with Crippen LogP contribution in [0.1, 0.15) is 5.56 Å². The van der Waals surface area contributed by atoms with Crippen LogP contribution >= 0.6 is 0 Å². The van der Waals surface area contributed by atoms with Gasteiger partial charge in [0.25, 0.3) is 0 Å². The van der Waals surface area contributed by atoms with Crippen molar-refractivity contribution in [3.05, 3.63) is 36.2 Å². The van der Waals surface area contributed by atoms with Crippen molar-refractivity contribution in [3.63, 3.8) is 0 Å². The third-order valence-corrected chi connectivity index (χ3v) is 1.71. The molecule has 1 aromatic heterocycles. The molecule has 60 valence electrons. The van der Waals surface area contributed by atoms with Crippen molar-refractivity contribution in [1.29, 1.82) is 0 Å². The summed E-state index contributed by atoms with van der Waals surface area (Å²) in [6.45, 7) is 2.02. The van der Waals surface area contributed by atoms with Gasteiger partial charge in [0.05, 0.1) is 5.69 Å². The Bertz CT molecular complexity index is 366. The summed E-state index contributed by atoms with van der Waals surface area (Å²) in [5.74, 6) is 0. The number of nitrogens with zero attached hydrogens (tertiary/aromatic N) is 4. The third kappa shape index (κ3) is 1.07. The molecule has 0 saturated carbocycles. The molecule has 1 heterocycles. The van der Waals surface area contributed by atoms with E-state index in [9.17, 15) is 0 Å². The van der Waals surface area contributed by atoms with Crippen molar-refractivity contribution in [1.82, 2.24) is 20.2 Å². The third-order valence-electron chi connectivity index (χ3n) is 1.71. The maximum absolute atomic E-state index is 3.80. The Morgan fingerprint density at radius 1 is 1.25 bits per heavy atom. The van der Waals surface area contributed by atoms with Gasteiger partial charge in [0.2, 0.25) is 0 Å². The summed E-state index contributed by atoms with van der Waals surface area (Å²) in [5, 5.41) is 10.9. The van der Waals surface area contributed by atoms with Crippen LogP contribution in [0.4, 0.5) is 0 Å². The van der Waals surface area contributed by atoms with Crippen LogP contribution in [0.15, 0.2) is 30.6 Å². The average molecular weight is 160 g/mol. The van der Waals surface area contributed by atoms with Crippen molar-refractivity contribution in [2.45, 2.75) is 6.92 Å². The van der Waals surface area contributed by atoms with Crippen LogP contribution in [-0.2, 0) is 0 Å². The summed E-state index contributed by atoms with van der Waals surface area (Å²) in [6, 6.07) is 7.95. The van der Waals surface area contributed by atoms with E-state index in [-0.39, 0.29) is 0 Å². The van der Waals surface area contributed by atoms with Gasteiger partial charge in [-0.2, -0.15) is 0 Å². The lowest BCUT2D eigenvalue weighted by molar-refractivity contribution is 0.785. The summed E-state index contributed by atoms with van der Waals surface area (Å²) >= 11 is 0. The summed E-state index contributed by atoms with van der Waals surface area (Å²) in [7, 11) is 0. The Morgan fingerprint density at radius 2 is 2.08 bits per heavy atom. The van der Waals surface area contributed by atoms with Gasteiger partial charge < -0.3 is 0 Å². The molecule has 2 aromatic rings. The van der Waals surface area contributed by atoms with E-state index in [0.29, 0.717) is 0 Å². The number of para-hydroxylation sites is 1. The van der Waals surface area contributed by atoms with Crippen molar-refractivity contribution in [2.75, 3.05) is 0 Å². The molecule has 0 aliphatic rings. The van der Waals surface area contributed by atoms with Crippen molar-refractivity contribution in [2.24, 2.45) is 0 Å². The van der Waals surface area contributed by atoms with E-state index in [4.69, 9.17) is 0 Å². The summed E-state index contributed by atoms with van der Waals surface area (Å²) in [6.07, 6.45) is 1.59. The van der Waals surface area contributed by atoms with Crippen LogP contribution in [-0.4, -0.2) is 20.2 Å². The Kier molecular flexibility index (Phi) is 1.59. The first-order chi connectivity index (χ1) is 5.88. The fraction of sp³-hybridized carbons (Fsp3) is 0.125. The van der Waals surface area contributed by atoms with Crippen LogP contribution in [0.25, 0.3) is 5.69 Å². The first-order valence-corrected chi connectivity index (χ1v) is 3.67.